The average molecular weight is 299 g/mol. The van der Waals surface area contributed by atoms with E-state index in [1.807, 2.05) is 29.2 Å². The summed E-state index contributed by atoms with van der Waals surface area (Å²) in [6, 6.07) is 10.1. The third kappa shape index (κ3) is 2.58. The highest BCUT2D eigenvalue weighted by atomic mass is 16.3. The molecule has 1 saturated heterocycles. The van der Waals surface area contributed by atoms with Gasteiger partial charge in [-0.1, -0.05) is 36.4 Å². The van der Waals surface area contributed by atoms with Crippen LogP contribution in [-0.4, -0.2) is 35.6 Å². The van der Waals surface area contributed by atoms with E-state index in [-0.39, 0.29) is 23.3 Å². The number of piperidine rings is 1. The molecule has 0 bridgehead atoms. The molecule has 0 aromatic heterocycles. The number of benzene rings is 1. The molecule has 3 rings (SSSR count). The van der Waals surface area contributed by atoms with Crippen LogP contribution in [0.2, 0.25) is 0 Å². The van der Waals surface area contributed by atoms with E-state index in [0.717, 1.165) is 44.2 Å². The number of likely N-dealkylation sites (tertiary alicyclic amines) is 1. The van der Waals surface area contributed by atoms with Crippen molar-refractivity contribution in [3.05, 3.63) is 48.6 Å². The maximum atomic E-state index is 13.1. The van der Waals surface area contributed by atoms with Crippen LogP contribution in [0.3, 0.4) is 0 Å². The van der Waals surface area contributed by atoms with Crippen LogP contribution in [0, 0.1) is 5.41 Å². The predicted molar refractivity (Wildman–Crippen MR) is 87.5 cm³/mol. The number of nitrogens with zero attached hydrogens (tertiary/aromatic N) is 1. The van der Waals surface area contributed by atoms with Gasteiger partial charge in [-0.15, -0.1) is 6.58 Å². The highest BCUT2D eigenvalue weighted by molar-refractivity contribution is 5.91. The summed E-state index contributed by atoms with van der Waals surface area (Å²) in [6.45, 7) is 5.41. The second kappa shape index (κ2) is 5.88. The minimum Gasteiger partial charge on any atom is -0.396 e. The second-order valence-corrected chi connectivity index (χ2v) is 6.93. The number of hydrogen-bond donors (Lipinski definition) is 1. The molecule has 0 spiro atoms. The fourth-order valence-electron chi connectivity index (χ4n) is 3.86. The smallest absolute Gasteiger partial charge is 0.233 e. The van der Waals surface area contributed by atoms with Crippen molar-refractivity contribution < 1.29 is 9.90 Å². The van der Waals surface area contributed by atoms with Gasteiger partial charge in [0.25, 0.3) is 0 Å². The summed E-state index contributed by atoms with van der Waals surface area (Å²) in [5, 5.41) is 9.82. The van der Waals surface area contributed by atoms with Crippen LogP contribution in [0.1, 0.15) is 37.7 Å². The maximum absolute atomic E-state index is 13.1. The molecule has 1 aliphatic carbocycles. The van der Waals surface area contributed by atoms with Crippen LogP contribution in [0.4, 0.5) is 0 Å². The summed E-state index contributed by atoms with van der Waals surface area (Å²) in [5.41, 5.74) is 0.653. The monoisotopic (exact) mass is 299 g/mol. The summed E-state index contributed by atoms with van der Waals surface area (Å²) in [6.07, 6.45) is 6.46. The van der Waals surface area contributed by atoms with Crippen LogP contribution >= 0.6 is 0 Å². The van der Waals surface area contributed by atoms with E-state index >= 15 is 0 Å². The number of rotatable bonds is 5. The number of aliphatic hydroxyl groups is 1. The Labute approximate surface area is 132 Å². The molecule has 118 valence electrons. The number of aliphatic hydroxyl groups excluding tert-OH is 1. The van der Waals surface area contributed by atoms with E-state index in [0.29, 0.717) is 6.54 Å². The molecule has 1 saturated carbocycles. The molecule has 0 radical (unpaired) electrons. The Bertz CT molecular complexity index is 550. The Hall–Kier alpha value is -1.61. The number of hydrogen-bond acceptors (Lipinski definition) is 2. The summed E-state index contributed by atoms with van der Waals surface area (Å²) in [5.74, 6) is 0.250. The highest BCUT2D eigenvalue weighted by Crippen LogP contribution is 2.50. The molecule has 2 aliphatic rings. The standard InChI is InChI=1S/C19H25NO2/c1-2-9-18(15-21)10-6-13-20(14-18)17(22)19(11-12-19)16-7-4-3-5-8-16/h2-5,7-8,21H,1,6,9-15H2/t18-/m1/s1. The molecule has 1 N–H and O–H groups in total. The lowest BCUT2D eigenvalue weighted by atomic mass is 9.77. The van der Waals surface area contributed by atoms with Crippen molar-refractivity contribution in [1.82, 2.24) is 4.90 Å². The van der Waals surface area contributed by atoms with Gasteiger partial charge in [-0.2, -0.15) is 0 Å². The van der Waals surface area contributed by atoms with Crippen LogP contribution in [0.5, 0.6) is 0 Å². The lowest BCUT2D eigenvalue weighted by molar-refractivity contribution is -0.138. The van der Waals surface area contributed by atoms with Gasteiger partial charge in [0.15, 0.2) is 0 Å². The molecule has 1 amide bonds. The van der Waals surface area contributed by atoms with Crippen LogP contribution in [-0.2, 0) is 10.2 Å². The Morgan fingerprint density at radius 2 is 2.00 bits per heavy atom. The van der Waals surface area contributed by atoms with Crippen molar-refractivity contribution in [1.29, 1.82) is 0 Å². The molecule has 1 atom stereocenters. The van der Waals surface area contributed by atoms with Crippen molar-refractivity contribution in [2.45, 2.75) is 37.5 Å². The van der Waals surface area contributed by atoms with E-state index in [2.05, 4.69) is 18.7 Å². The zero-order chi connectivity index (χ0) is 15.6. The average Bonchev–Trinajstić information content (AvgIpc) is 3.37. The molecule has 2 fully saturated rings. The summed E-state index contributed by atoms with van der Waals surface area (Å²) < 4.78 is 0. The Morgan fingerprint density at radius 1 is 1.27 bits per heavy atom. The maximum Gasteiger partial charge on any atom is 0.233 e. The van der Waals surface area contributed by atoms with Crippen LogP contribution < -0.4 is 0 Å². The Morgan fingerprint density at radius 3 is 2.59 bits per heavy atom. The fraction of sp³-hybridized carbons (Fsp3) is 0.526. The fourth-order valence-corrected chi connectivity index (χ4v) is 3.86. The molecule has 1 heterocycles. The van der Waals surface area contributed by atoms with E-state index < -0.39 is 0 Å². The van der Waals surface area contributed by atoms with E-state index in [1.165, 1.54) is 0 Å². The summed E-state index contributed by atoms with van der Waals surface area (Å²) in [7, 11) is 0. The molecule has 0 unspecified atom stereocenters. The first-order valence-corrected chi connectivity index (χ1v) is 8.22. The second-order valence-electron chi connectivity index (χ2n) is 6.93. The van der Waals surface area contributed by atoms with Gasteiger partial charge in [-0.3, -0.25) is 4.79 Å². The van der Waals surface area contributed by atoms with Gasteiger partial charge in [-0.05, 0) is 37.7 Å². The van der Waals surface area contributed by atoms with Crippen LogP contribution in [0.25, 0.3) is 0 Å². The number of carbonyl (C=O) groups is 1. The molecule has 3 nitrogen and oxygen atoms in total. The first-order valence-electron chi connectivity index (χ1n) is 8.22. The lowest BCUT2D eigenvalue weighted by Gasteiger charge is -2.42. The Balaban J connectivity index is 1.79. The Kier molecular flexibility index (Phi) is 4.09. The van der Waals surface area contributed by atoms with Gasteiger partial charge in [0.2, 0.25) is 5.91 Å². The number of amides is 1. The first-order chi connectivity index (χ1) is 10.7. The van der Waals surface area contributed by atoms with Gasteiger partial charge < -0.3 is 10.0 Å². The van der Waals surface area contributed by atoms with Crippen molar-refractivity contribution >= 4 is 5.91 Å². The minimum atomic E-state index is -0.298. The van der Waals surface area contributed by atoms with Gasteiger partial charge in [0, 0.05) is 18.5 Å². The lowest BCUT2D eigenvalue weighted by Crippen LogP contribution is -2.50. The molecule has 3 heteroatoms. The topological polar surface area (TPSA) is 40.5 Å². The van der Waals surface area contributed by atoms with Gasteiger partial charge in [0.05, 0.1) is 12.0 Å². The largest absolute Gasteiger partial charge is 0.396 e. The van der Waals surface area contributed by atoms with Crippen molar-refractivity contribution in [2.75, 3.05) is 19.7 Å². The van der Waals surface area contributed by atoms with Crippen LogP contribution in [0.15, 0.2) is 43.0 Å². The highest BCUT2D eigenvalue weighted by Gasteiger charge is 2.54. The predicted octanol–water partition coefficient (Wildman–Crippen LogP) is 2.90. The normalized spacial score (nSPS) is 26.5. The minimum absolute atomic E-state index is 0.126. The molecular formula is C19H25NO2. The van der Waals surface area contributed by atoms with Gasteiger partial charge >= 0.3 is 0 Å². The van der Waals surface area contributed by atoms with Crippen molar-refractivity contribution in [3.8, 4) is 0 Å². The molecule has 1 aliphatic heterocycles. The van der Waals surface area contributed by atoms with Gasteiger partial charge in [0.1, 0.15) is 0 Å². The summed E-state index contributed by atoms with van der Waals surface area (Å²) in [4.78, 5) is 15.1. The molecule has 22 heavy (non-hydrogen) atoms. The van der Waals surface area contributed by atoms with E-state index in [9.17, 15) is 9.90 Å². The molecular weight excluding hydrogens is 274 g/mol. The summed E-state index contributed by atoms with van der Waals surface area (Å²) >= 11 is 0. The van der Waals surface area contributed by atoms with E-state index in [4.69, 9.17) is 0 Å². The molecule has 1 aromatic rings. The quantitative estimate of drug-likeness (QED) is 0.849. The number of allylic oxidation sites excluding steroid dienone is 1. The van der Waals surface area contributed by atoms with E-state index in [1.54, 1.807) is 0 Å². The number of carbonyl (C=O) groups excluding carboxylic acids is 1. The third-order valence-electron chi connectivity index (χ3n) is 5.35. The zero-order valence-corrected chi connectivity index (χ0v) is 13.1. The SMILES string of the molecule is C=CC[C@@]1(CO)CCCN(C(=O)C2(c3ccccc3)CC2)C1. The first kappa shape index (κ1) is 15.3. The third-order valence-corrected chi connectivity index (χ3v) is 5.35. The zero-order valence-electron chi connectivity index (χ0n) is 13.1. The molecule has 1 aromatic carbocycles. The van der Waals surface area contributed by atoms with Crippen molar-refractivity contribution in [3.63, 3.8) is 0 Å². The van der Waals surface area contributed by atoms with Crippen molar-refractivity contribution in [2.24, 2.45) is 5.41 Å². The van der Waals surface area contributed by atoms with Gasteiger partial charge in [-0.25, -0.2) is 0 Å².